The van der Waals surface area contributed by atoms with Crippen LogP contribution in [0.4, 0.5) is 0 Å². The van der Waals surface area contributed by atoms with Crippen LogP contribution in [0.2, 0.25) is 0 Å². The van der Waals surface area contributed by atoms with E-state index in [1.807, 2.05) is 0 Å². The Hall–Kier alpha value is 0.430. The largest absolute Gasteiger partial charge is 0.122 e. The fourth-order valence-corrected chi connectivity index (χ4v) is 4.26. The highest BCUT2D eigenvalue weighted by Crippen LogP contribution is 2.42. The van der Waals surface area contributed by atoms with Crippen LogP contribution in [0, 0.1) is 11.8 Å². The molecule has 1 aliphatic heterocycles. The van der Waals surface area contributed by atoms with E-state index < -0.39 is 0 Å². The molecule has 0 spiro atoms. The van der Waals surface area contributed by atoms with Gasteiger partial charge in [-0.05, 0) is 37.0 Å². The lowest BCUT2D eigenvalue weighted by Crippen LogP contribution is -2.16. The zero-order valence-electron chi connectivity index (χ0n) is 5.90. The lowest BCUT2D eigenvalue weighted by atomic mass is 9.82. The molecule has 0 bridgehead atoms. The predicted molar refractivity (Wildman–Crippen MR) is 43.5 cm³/mol. The summed E-state index contributed by atoms with van der Waals surface area (Å²) in [5, 5.41) is 0. The topological polar surface area (TPSA) is 0 Å². The lowest BCUT2D eigenvalue weighted by Gasteiger charge is -2.23. The summed E-state index contributed by atoms with van der Waals surface area (Å²) in [7, 11) is 1.32. The summed E-state index contributed by atoms with van der Waals surface area (Å²) in [5.74, 6) is 2.36. The summed E-state index contributed by atoms with van der Waals surface area (Å²) >= 11 is 0. The van der Waals surface area contributed by atoms with Gasteiger partial charge in [0, 0.05) is 0 Å². The molecule has 0 aromatic carbocycles. The van der Waals surface area contributed by atoms with Crippen molar-refractivity contribution in [1.29, 1.82) is 0 Å². The fraction of sp³-hybridized carbons (Fsp3) is 1.00. The van der Waals surface area contributed by atoms with Crippen molar-refractivity contribution in [1.82, 2.24) is 0 Å². The van der Waals surface area contributed by atoms with Gasteiger partial charge in [0.25, 0.3) is 0 Å². The second kappa shape index (κ2) is 2.58. The first-order chi connectivity index (χ1) is 4.47. The predicted octanol–water partition coefficient (Wildman–Crippen LogP) is 2.48. The average molecular weight is 142 g/mol. The van der Waals surface area contributed by atoms with Gasteiger partial charge in [-0.3, -0.25) is 0 Å². The Labute approximate surface area is 59.2 Å². The minimum absolute atomic E-state index is 1.18. The minimum atomic E-state index is 1.18. The lowest BCUT2D eigenvalue weighted by molar-refractivity contribution is 0.299. The summed E-state index contributed by atoms with van der Waals surface area (Å²) in [6.45, 7) is 0. The molecule has 0 amide bonds. The number of rotatable bonds is 0. The first-order valence-electron chi connectivity index (χ1n) is 4.17. The van der Waals surface area contributed by atoms with Gasteiger partial charge in [0.15, 0.2) is 0 Å². The molecule has 2 aliphatic rings. The third-order valence-corrected chi connectivity index (χ3v) is 4.51. The van der Waals surface area contributed by atoms with Gasteiger partial charge < -0.3 is 0 Å². The Balaban J connectivity index is 1.97. The van der Waals surface area contributed by atoms with Crippen LogP contribution in [-0.4, -0.2) is 12.3 Å². The van der Waals surface area contributed by atoms with Crippen LogP contribution in [0.15, 0.2) is 0 Å². The molecule has 0 radical (unpaired) electrons. The first kappa shape index (κ1) is 6.16. The molecule has 2 fully saturated rings. The molecule has 2 unspecified atom stereocenters. The highest BCUT2D eigenvalue weighted by atomic mass is 31.1. The number of hydrogen-bond acceptors (Lipinski definition) is 0. The van der Waals surface area contributed by atoms with E-state index in [1.165, 1.54) is 33.3 Å². The Morgan fingerprint density at radius 2 is 1.44 bits per heavy atom. The van der Waals surface area contributed by atoms with Crippen molar-refractivity contribution < 1.29 is 0 Å². The molecule has 0 nitrogen and oxygen atoms in total. The van der Waals surface area contributed by atoms with Crippen LogP contribution in [0.1, 0.15) is 25.7 Å². The monoisotopic (exact) mass is 142 g/mol. The van der Waals surface area contributed by atoms with Gasteiger partial charge in [0.2, 0.25) is 0 Å². The molecule has 1 heterocycles. The zero-order valence-corrected chi connectivity index (χ0v) is 6.90. The summed E-state index contributed by atoms with van der Waals surface area (Å²) in [4.78, 5) is 0. The highest BCUT2D eigenvalue weighted by Gasteiger charge is 2.28. The molecule has 0 N–H and O–H groups in total. The van der Waals surface area contributed by atoms with E-state index in [0.29, 0.717) is 0 Å². The van der Waals surface area contributed by atoms with Crippen molar-refractivity contribution in [3.8, 4) is 0 Å². The van der Waals surface area contributed by atoms with Gasteiger partial charge in [-0.1, -0.05) is 12.8 Å². The van der Waals surface area contributed by atoms with E-state index in [-0.39, 0.29) is 0 Å². The third-order valence-electron chi connectivity index (χ3n) is 2.88. The van der Waals surface area contributed by atoms with Gasteiger partial charge in [-0.15, -0.1) is 8.58 Å². The maximum absolute atomic E-state index is 1.59. The molecule has 9 heavy (non-hydrogen) atoms. The molecule has 1 saturated carbocycles. The molecule has 52 valence electrons. The first-order valence-corrected chi connectivity index (χ1v) is 5.59. The van der Waals surface area contributed by atoms with E-state index in [2.05, 4.69) is 0 Å². The van der Waals surface area contributed by atoms with Gasteiger partial charge in [-0.25, -0.2) is 0 Å². The molecule has 1 saturated heterocycles. The van der Waals surface area contributed by atoms with E-state index in [0.717, 1.165) is 0 Å². The second-order valence-corrected chi connectivity index (χ2v) is 4.78. The van der Waals surface area contributed by atoms with Crippen molar-refractivity contribution in [2.24, 2.45) is 11.8 Å². The summed E-state index contributed by atoms with van der Waals surface area (Å²) in [5.41, 5.74) is 0. The van der Waals surface area contributed by atoms with Crippen molar-refractivity contribution >= 4 is 8.58 Å². The number of hydrogen-bond donors (Lipinski definition) is 0. The smallest absolute Gasteiger partial charge is 0.0322 e. The molecular weight excluding hydrogens is 127 g/mol. The van der Waals surface area contributed by atoms with Crippen LogP contribution in [0.5, 0.6) is 0 Å². The maximum Gasteiger partial charge on any atom is -0.0322 e. The Morgan fingerprint density at radius 3 is 2.00 bits per heavy atom. The van der Waals surface area contributed by atoms with Gasteiger partial charge in [0.05, 0.1) is 0 Å². The van der Waals surface area contributed by atoms with Gasteiger partial charge >= 0.3 is 0 Å². The molecule has 2 atom stereocenters. The van der Waals surface area contributed by atoms with Crippen LogP contribution < -0.4 is 0 Å². The third kappa shape index (κ3) is 1.15. The zero-order chi connectivity index (χ0) is 6.10. The Kier molecular flexibility index (Phi) is 1.77. The quantitative estimate of drug-likeness (QED) is 0.456. The minimum Gasteiger partial charge on any atom is -0.122 e. The van der Waals surface area contributed by atoms with Crippen LogP contribution in [0.3, 0.4) is 0 Å². The molecule has 1 aliphatic carbocycles. The Bertz CT molecular complexity index is 88.7. The summed E-state index contributed by atoms with van der Waals surface area (Å²) < 4.78 is 0. The normalized spacial score (nSPS) is 45.3. The van der Waals surface area contributed by atoms with E-state index in [9.17, 15) is 0 Å². The van der Waals surface area contributed by atoms with Crippen LogP contribution in [-0.2, 0) is 0 Å². The van der Waals surface area contributed by atoms with E-state index in [1.54, 1.807) is 25.2 Å². The molecule has 0 aromatic heterocycles. The second-order valence-electron chi connectivity index (χ2n) is 3.46. The SMILES string of the molecule is C1CCC2CPCC2C1. The highest BCUT2D eigenvalue weighted by molar-refractivity contribution is 7.38. The van der Waals surface area contributed by atoms with Crippen molar-refractivity contribution in [2.45, 2.75) is 25.7 Å². The summed E-state index contributed by atoms with van der Waals surface area (Å²) in [6.07, 6.45) is 9.38. The average Bonchev–Trinajstić information content (AvgIpc) is 2.33. The molecular formula is C8H15P. The number of fused-ring (bicyclic) bond motifs is 1. The van der Waals surface area contributed by atoms with Crippen LogP contribution in [0.25, 0.3) is 0 Å². The Morgan fingerprint density at radius 1 is 0.889 bits per heavy atom. The van der Waals surface area contributed by atoms with Crippen molar-refractivity contribution in [3.05, 3.63) is 0 Å². The van der Waals surface area contributed by atoms with E-state index >= 15 is 0 Å². The molecule has 0 aromatic rings. The standard InChI is InChI=1S/C8H15P/c1-2-4-8-6-9-5-7(8)3-1/h7-9H,1-6H2. The summed E-state index contributed by atoms with van der Waals surface area (Å²) in [6, 6.07) is 0. The fourth-order valence-electron chi connectivity index (χ4n) is 2.28. The van der Waals surface area contributed by atoms with Crippen molar-refractivity contribution in [3.63, 3.8) is 0 Å². The molecule has 2 rings (SSSR count). The van der Waals surface area contributed by atoms with Gasteiger partial charge in [0.1, 0.15) is 0 Å². The van der Waals surface area contributed by atoms with Gasteiger partial charge in [-0.2, -0.15) is 0 Å². The van der Waals surface area contributed by atoms with Crippen LogP contribution >= 0.6 is 8.58 Å². The molecule has 1 heteroatoms. The van der Waals surface area contributed by atoms with Crippen molar-refractivity contribution in [2.75, 3.05) is 12.3 Å². The maximum atomic E-state index is 1.59. The van der Waals surface area contributed by atoms with E-state index in [4.69, 9.17) is 0 Å².